The van der Waals surface area contributed by atoms with E-state index in [1.54, 1.807) is 5.32 Å². The average Bonchev–Trinajstić information content (AvgIpc) is 2.67. The Morgan fingerprint density at radius 1 is 1.37 bits per heavy atom. The van der Waals surface area contributed by atoms with Gasteiger partial charge in [0.15, 0.2) is 0 Å². The fourth-order valence-corrected chi connectivity index (χ4v) is 2.23. The number of carbonyl (C=O) groups is 2. The molecule has 0 aliphatic carbocycles. The molecule has 2 N–H and O–H groups in total. The van der Waals surface area contributed by atoms with Gasteiger partial charge in [-0.15, -0.1) is 16.4 Å². The van der Waals surface area contributed by atoms with E-state index < -0.39 is 28.6 Å². The van der Waals surface area contributed by atoms with Crippen molar-refractivity contribution in [3.05, 3.63) is 17.1 Å². The molecule has 0 unspecified atom stereocenters. The van der Waals surface area contributed by atoms with Gasteiger partial charge in [0, 0.05) is 5.39 Å². The smallest absolute Gasteiger partial charge is 0.471 e. The molecular formula is C9H4F3N3O3S. The predicted molar refractivity (Wildman–Crippen MR) is 59.1 cm³/mol. The van der Waals surface area contributed by atoms with Crippen LogP contribution < -0.4 is 5.32 Å². The van der Waals surface area contributed by atoms with Crippen LogP contribution in [0.5, 0.6) is 0 Å². The Labute approximate surface area is 106 Å². The number of amides is 1. The third-order valence-corrected chi connectivity index (χ3v) is 3.15. The standard InChI is InChI=1S/C9H4F3N3O3S/c10-9(11,12)8(18)14-4-3-1-2-13-15-6(3)19-5(4)7(16)17/h1-2H,(H,14,18)(H,16,17). The number of nitrogens with one attached hydrogen (secondary N) is 1. The highest BCUT2D eigenvalue weighted by molar-refractivity contribution is 7.21. The second-order valence-corrected chi connectivity index (χ2v) is 4.31. The Bertz CT molecular complexity index is 668. The van der Waals surface area contributed by atoms with Crippen molar-refractivity contribution in [1.82, 2.24) is 10.2 Å². The first-order chi connectivity index (χ1) is 8.80. The molecule has 2 aromatic heterocycles. The van der Waals surface area contributed by atoms with Gasteiger partial charge in [0.2, 0.25) is 0 Å². The van der Waals surface area contributed by atoms with Crippen molar-refractivity contribution < 1.29 is 27.9 Å². The molecule has 0 radical (unpaired) electrons. The van der Waals surface area contributed by atoms with Crippen LogP contribution in [0.15, 0.2) is 12.3 Å². The molecule has 0 saturated heterocycles. The molecule has 2 heterocycles. The number of rotatable bonds is 2. The van der Waals surface area contributed by atoms with Crippen LogP contribution in [0.1, 0.15) is 9.67 Å². The highest BCUT2D eigenvalue weighted by Crippen LogP contribution is 2.35. The van der Waals surface area contributed by atoms with Crippen molar-refractivity contribution in [2.24, 2.45) is 0 Å². The van der Waals surface area contributed by atoms with E-state index in [0.717, 1.165) is 0 Å². The van der Waals surface area contributed by atoms with Crippen molar-refractivity contribution in [2.75, 3.05) is 5.32 Å². The first kappa shape index (κ1) is 13.2. The summed E-state index contributed by atoms with van der Waals surface area (Å²) in [7, 11) is 0. The van der Waals surface area contributed by atoms with Crippen molar-refractivity contribution in [1.29, 1.82) is 0 Å². The van der Waals surface area contributed by atoms with Crippen molar-refractivity contribution in [3.63, 3.8) is 0 Å². The number of carboxylic acid groups (broad SMARTS) is 1. The summed E-state index contributed by atoms with van der Waals surface area (Å²) in [5, 5.41) is 17.6. The summed E-state index contributed by atoms with van der Waals surface area (Å²) in [6.07, 6.45) is -3.92. The van der Waals surface area contributed by atoms with Gasteiger partial charge in [-0.25, -0.2) is 4.79 Å². The Morgan fingerprint density at radius 2 is 2.05 bits per heavy atom. The largest absolute Gasteiger partial charge is 0.477 e. The molecule has 1 amide bonds. The quantitative estimate of drug-likeness (QED) is 0.881. The summed E-state index contributed by atoms with van der Waals surface area (Å²) < 4.78 is 36.6. The van der Waals surface area contributed by atoms with Crippen LogP contribution in [0.3, 0.4) is 0 Å². The summed E-state index contributed by atoms with van der Waals surface area (Å²) in [4.78, 5) is 21.5. The first-order valence-electron chi connectivity index (χ1n) is 4.66. The molecule has 2 rings (SSSR count). The highest BCUT2D eigenvalue weighted by atomic mass is 32.1. The molecule has 19 heavy (non-hydrogen) atoms. The van der Waals surface area contributed by atoms with E-state index in [9.17, 15) is 22.8 Å². The number of thiophene rings is 1. The van der Waals surface area contributed by atoms with Gasteiger partial charge >= 0.3 is 18.1 Å². The zero-order valence-corrected chi connectivity index (χ0v) is 9.67. The zero-order valence-electron chi connectivity index (χ0n) is 8.85. The third kappa shape index (κ3) is 2.47. The minimum absolute atomic E-state index is 0.0926. The Morgan fingerprint density at radius 3 is 2.63 bits per heavy atom. The maximum absolute atomic E-state index is 12.2. The van der Waals surface area contributed by atoms with Crippen molar-refractivity contribution in [2.45, 2.75) is 6.18 Å². The lowest BCUT2D eigenvalue weighted by atomic mass is 10.2. The van der Waals surface area contributed by atoms with Gasteiger partial charge in [-0.2, -0.15) is 18.3 Å². The van der Waals surface area contributed by atoms with Gasteiger partial charge < -0.3 is 10.4 Å². The first-order valence-corrected chi connectivity index (χ1v) is 5.48. The van der Waals surface area contributed by atoms with Gasteiger partial charge in [-0.1, -0.05) is 0 Å². The van der Waals surface area contributed by atoms with Gasteiger partial charge in [-0.3, -0.25) is 4.79 Å². The van der Waals surface area contributed by atoms with Crippen molar-refractivity contribution in [3.8, 4) is 0 Å². The lowest BCUT2D eigenvalue weighted by Gasteiger charge is -2.07. The topological polar surface area (TPSA) is 92.2 Å². The minimum Gasteiger partial charge on any atom is -0.477 e. The number of fused-ring (bicyclic) bond motifs is 1. The second-order valence-electron chi connectivity index (χ2n) is 3.31. The molecule has 100 valence electrons. The summed E-state index contributed by atoms with van der Waals surface area (Å²) in [5.74, 6) is -3.70. The van der Waals surface area contributed by atoms with E-state index in [2.05, 4.69) is 10.2 Å². The maximum Gasteiger partial charge on any atom is 0.471 e. The number of hydrogen-bond donors (Lipinski definition) is 2. The summed E-state index contributed by atoms with van der Waals surface area (Å²) in [6.45, 7) is 0. The highest BCUT2D eigenvalue weighted by Gasteiger charge is 2.39. The van der Waals surface area contributed by atoms with Crippen molar-refractivity contribution >= 4 is 39.1 Å². The summed E-state index contributed by atoms with van der Waals surface area (Å²) >= 11 is 0.629. The molecule has 0 spiro atoms. The van der Waals surface area contributed by atoms with Crippen LogP contribution in [0, 0.1) is 0 Å². The van der Waals surface area contributed by atoms with E-state index in [0.29, 0.717) is 11.3 Å². The number of carboxylic acids is 1. The van der Waals surface area contributed by atoms with E-state index in [4.69, 9.17) is 5.11 Å². The monoisotopic (exact) mass is 291 g/mol. The van der Waals surface area contributed by atoms with Crippen LogP contribution >= 0.6 is 11.3 Å². The van der Waals surface area contributed by atoms with E-state index in [-0.39, 0.29) is 10.2 Å². The maximum atomic E-state index is 12.2. The van der Waals surface area contributed by atoms with Gasteiger partial charge in [0.25, 0.3) is 0 Å². The van der Waals surface area contributed by atoms with Gasteiger partial charge in [0.1, 0.15) is 9.71 Å². The zero-order chi connectivity index (χ0) is 14.2. The number of aromatic nitrogens is 2. The number of hydrogen-bond acceptors (Lipinski definition) is 5. The number of nitrogens with zero attached hydrogens (tertiary/aromatic N) is 2. The predicted octanol–water partition coefficient (Wildman–Crippen LogP) is 1.89. The molecule has 0 atom stereocenters. The fraction of sp³-hybridized carbons (Fsp3) is 0.111. The number of aromatic carboxylic acids is 1. The van der Waals surface area contributed by atoms with E-state index in [1.807, 2.05) is 0 Å². The molecule has 10 heteroatoms. The molecule has 0 bridgehead atoms. The number of anilines is 1. The Kier molecular flexibility index (Phi) is 3.10. The van der Waals surface area contributed by atoms with Gasteiger partial charge in [0.05, 0.1) is 11.9 Å². The third-order valence-electron chi connectivity index (χ3n) is 2.07. The van der Waals surface area contributed by atoms with Gasteiger partial charge in [-0.05, 0) is 6.07 Å². The van der Waals surface area contributed by atoms with Crippen LogP contribution in [0.25, 0.3) is 10.2 Å². The molecule has 0 aliphatic heterocycles. The fourth-order valence-electron chi connectivity index (χ4n) is 1.31. The molecule has 0 saturated carbocycles. The van der Waals surface area contributed by atoms with E-state index in [1.165, 1.54) is 12.3 Å². The molecule has 2 aromatic rings. The molecule has 0 aromatic carbocycles. The van der Waals surface area contributed by atoms with E-state index >= 15 is 0 Å². The van der Waals surface area contributed by atoms with Crippen LogP contribution in [-0.2, 0) is 4.79 Å². The summed E-state index contributed by atoms with van der Waals surface area (Å²) in [6, 6.07) is 1.28. The number of halogens is 3. The number of carbonyl (C=O) groups excluding carboxylic acids is 1. The number of alkyl halides is 3. The Hall–Kier alpha value is -2.23. The summed E-state index contributed by atoms with van der Waals surface area (Å²) in [5.41, 5.74) is -0.426. The molecule has 0 aliphatic rings. The van der Waals surface area contributed by atoms with Crippen LogP contribution in [0.4, 0.5) is 18.9 Å². The SMILES string of the molecule is O=C(O)c1sc2nnccc2c1NC(=O)C(F)(F)F. The lowest BCUT2D eigenvalue weighted by molar-refractivity contribution is -0.167. The normalized spacial score (nSPS) is 11.5. The molecular weight excluding hydrogens is 287 g/mol. The minimum atomic E-state index is -5.11. The van der Waals surface area contributed by atoms with Crippen LogP contribution in [0.2, 0.25) is 0 Å². The molecule has 0 fully saturated rings. The average molecular weight is 291 g/mol. The second kappa shape index (κ2) is 4.46. The lowest BCUT2D eigenvalue weighted by Crippen LogP contribution is -2.30. The Balaban J connectivity index is 2.54. The van der Waals surface area contributed by atoms with Crippen LogP contribution in [-0.4, -0.2) is 33.4 Å². The molecule has 6 nitrogen and oxygen atoms in total.